The standard InChI is InChI=1S/C16H20N4O/c1-12-15(16(21)19-14-7-8-17-9-14)10-18-20(12)11-13-5-3-2-4-6-13/h2-6,10,14,17H,7-9,11H2,1H3,(H,19,21). The maximum atomic E-state index is 12.3. The summed E-state index contributed by atoms with van der Waals surface area (Å²) in [6.45, 7) is 4.45. The molecule has 1 aromatic carbocycles. The minimum atomic E-state index is -0.0273. The Hall–Kier alpha value is -2.14. The molecule has 110 valence electrons. The normalized spacial score (nSPS) is 17.9. The lowest BCUT2D eigenvalue weighted by atomic mass is 10.2. The van der Waals surface area contributed by atoms with Gasteiger partial charge in [0.1, 0.15) is 0 Å². The lowest BCUT2D eigenvalue weighted by molar-refractivity contribution is 0.0939. The van der Waals surface area contributed by atoms with Gasteiger partial charge in [0.25, 0.3) is 5.91 Å². The molecular formula is C16H20N4O. The summed E-state index contributed by atoms with van der Waals surface area (Å²) >= 11 is 0. The Morgan fingerprint density at radius 3 is 2.95 bits per heavy atom. The number of carbonyl (C=O) groups is 1. The van der Waals surface area contributed by atoms with Crippen molar-refractivity contribution >= 4 is 5.91 Å². The molecule has 5 heteroatoms. The van der Waals surface area contributed by atoms with Gasteiger partial charge in [0, 0.05) is 18.3 Å². The van der Waals surface area contributed by atoms with Gasteiger partial charge >= 0.3 is 0 Å². The molecule has 1 atom stereocenters. The first-order valence-electron chi connectivity index (χ1n) is 7.32. The van der Waals surface area contributed by atoms with Crippen molar-refractivity contribution in [3.63, 3.8) is 0 Å². The third-order valence-corrected chi connectivity index (χ3v) is 3.92. The van der Waals surface area contributed by atoms with Gasteiger partial charge < -0.3 is 10.6 Å². The van der Waals surface area contributed by atoms with E-state index in [1.54, 1.807) is 6.20 Å². The molecule has 0 spiro atoms. The molecule has 1 aliphatic rings. The number of rotatable bonds is 4. The molecule has 5 nitrogen and oxygen atoms in total. The average Bonchev–Trinajstić information content (AvgIpc) is 3.11. The number of amides is 1. The zero-order valence-electron chi connectivity index (χ0n) is 12.2. The molecule has 1 aromatic heterocycles. The molecule has 2 heterocycles. The molecule has 1 unspecified atom stereocenters. The highest BCUT2D eigenvalue weighted by molar-refractivity contribution is 5.95. The predicted molar refractivity (Wildman–Crippen MR) is 81.2 cm³/mol. The number of aromatic nitrogens is 2. The molecule has 1 saturated heterocycles. The summed E-state index contributed by atoms with van der Waals surface area (Å²) in [7, 11) is 0. The molecule has 0 radical (unpaired) electrons. The predicted octanol–water partition coefficient (Wildman–Crippen LogP) is 1.33. The molecule has 2 N–H and O–H groups in total. The van der Waals surface area contributed by atoms with Gasteiger partial charge in [-0.1, -0.05) is 30.3 Å². The van der Waals surface area contributed by atoms with Crippen LogP contribution in [0, 0.1) is 6.92 Å². The van der Waals surface area contributed by atoms with Crippen LogP contribution in [0.4, 0.5) is 0 Å². The fourth-order valence-corrected chi connectivity index (χ4v) is 2.63. The molecule has 0 bridgehead atoms. The summed E-state index contributed by atoms with van der Waals surface area (Å²) in [6.07, 6.45) is 2.65. The molecule has 1 fully saturated rings. The zero-order valence-corrected chi connectivity index (χ0v) is 12.2. The third kappa shape index (κ3) is 3.13. The van der Waals surface area contributed by atoms with Gasteiger partial charge in [0.2, 0.25) is 0 Å². The van der Waals surface area contributed by atoms with Crippen molar-refractivity contribution in [3.8, 4) is 0 Å². The first-order chi connectivity index (χ1) is 10.2. The summed E-state index contributed by atoms with van der Waals surface area (Å²) < 4.78 is 1.87. The van der Waals surface area contributed by atoms with Crippen molar-refractivity contribution in [1.82, 2.24) is 20.4 Å². The van der Waals surface area contributed by atoms with Crippen molar-refractivity contribution in [1.29, 1.82) is 0 Å². The van der Waals surface area contributed by atoms with Crippen LogP contribution in [0.3, 0.4) is 0 Å². The van der Waals surface area contributed by atoms with Gasteiger partial charge in [-0.3, -0.25) is 9.48 Å². The molecule has 2 aromatic rings. The number of nitrogens with zero attached hydrogens (tertiary/aromatic N) is 2. The van der Waals surface area contributed by atoms with E-state index in [0.29, 0.717) is 12.1 Å². The molecule has 3 rings (SSSR count). The lowest BCUT2D eigenvalue weighted by Crippen LogP contribution is -2.36. The Labute approximate surface area is 124 Å². The SMILES string of the molecule is Cc1c(C(=O)NC2CCNC2)cnn1Cc1ccccc1. The second kappa shape index (κ2) is 6.10. The molecule has 1 aliphatic heterocycles. The Morgan fingerprint density at radius 1 is 1.43 bits per heavy atom. The summed E-state index contributed by atoms with van der Waals surface area (Å²) in [5, 5.41) is 10.7. The smallest absolute Gasteiger partial charge is 0.255 e. The summed E-state index contributed by atoms with van der Waals surface area (Å²) in [5.41, 5.74) is 2.75. The molecule has 0 saturated carbocycles. The van der Waals surface area contributed by atoms with Crippen LogP contribution in [0.1, 0.15) is 28.0 Å². The topological polar surface area (TPSA) is 59.0 Å². The van der Waals surface area contributed by atoms with Gasteiger partial charge in [-0.25, -0.2) is 0 Å². The molecule has 0 aliphatic carbocycles. The number of carbonyl (C=O) groups excluding carboxylic acids is 1. The molecular weight excluding hydrogens is 264 g/mol. The van der Waals surface area contributed by atoms with E-state index in [0.717, 1.165) is 25.2 Å². The van der Waals surface area contributed by atoms with E-state index in [4.69, 9.17) is 0 Å². The first kappa shape index (κ1) is 13.8. The Kier molecular flexibility index (Phi) is 4.01. The van der Waals surface area contributed by atoms with Crippen molar-refractivity contribution in [2.24, 2.45) is 0 Å². The van der Waals surface area contributed by atoms with Crippen molar-refractivity contribution < 1.29 is 4.79 Å². The zero-order chi connectivity index (χ0) is 14.7. The van der Waals surface area contributed by atoms with Gasteiger partial charge in [-0.15, -0.1) is 0 Å². The second-order valence-electron chi connectivity index (χ2n) is 5.45. The van der Waals surface area contributed by atoms with E-state index in [1.807, 2.05) is 29.8 Å². The minimum Gasteiger partial charge on any atom is -0.348 e. The largest absolute Gasteiger partial charge is 0.348 e. The van der Waals surface area contributed by atoms with Gasteiger partial charge in [-0.05, 0) is 25.5 Å². The maximum absolute atomic E-state index is 12.3. The van der Waals surface area contributed by atoms with Crippen molar-refractivity contribution in [3.05, 3.63) is 53.3 Å². The van der Waals surface area contributed by atoms with E-state index >= 15 is 0 Å². The van der Waals surface area contributed by atoms with E-state index in [-0.39, 0.29) is 11.9 Å². The van der Waals surface area contributed by atoms with E-state index in [1.165, 1.54) is 5.56 Å². The highest BCUT2D eigenvalue weighted by Gasteiger charge is 2.20. The van der Waals surface area contributed by atoms with E-state index in [9.17, 15) is 4.79 Å². The van der Waals surface area contributed by atoms with Gasteiger partial charge in [-0.2, -0.15) is 5.10 Å². The lowest BCUT2D eigenvalue weighted by Gasteiger charge is -2.11. The summed E-state index contributed by atoms with van der Waals surface area (Å²) in [4.78, 5) is 12.3. The quantitative estimate of drug-likeness (QED) is 0.890. The fraction of sp³-hybridized carbons (Fsp3) is 0.375. The summed E-state index contributed by atoms with van der Waals surface area (Å²) in [6, 6.07) is 10.4. The number of hydrogen-bond acceptors (Lipinski definition) is 3. The van der Waals surface area contributed by atoms with Crippen LogP contribution in [-0.2, 0) is 6.54 Å². The van der Waals surface area contributed by atoms with Crippen LogP contribution in [0.15, 0.2) is 36.5 Å². The van der Waals surface area contributed by atoms with Crippen LogP contribution >= 0.6 is 0 Å². The summed E-state index contributed by atoms with van der Waals surface area (Å²) in [5.74, 6) is -0.0273. The van der Waals surface area contributed by atoms with E-state index < -0.39 is 0 Å². The van der Waals surface area contributed by atoms with Crippen LogP contribution in [0.2, 0.25) is 0 Å². The monoisotopic (exact) mass is 284 g/mol. The average molecular weight is 284 g/mol. The first-order valence-corrected chi connectivity index (χ1v) is 7.32. The third-order valence-electron chi connectivity index (χ3n) is 3.92. The van der Waals surface area contributed by atoms with E-state index in [2.05, 4.69) is 27.9 Å². The minimum absolute atomic E-state index is 0.0273. The Balaban J connectivity index is 1.71. The second-order valence-corrected chi connectivity index (χ2v) is 5.45. The van der Waals surface area contributed by atoms with Crippen molar-refractivity contribution in [2.75, 3.05) is 13.1 Å². The number of nitrogens with one attached hydrogen (secondary N) is 2. The van der Waals surface area contributed by atoms with Crippen LogP contribution in [-0.4, -0.2) is 34.8 Å². The van der Waals surface area contributed by atoms with Crippen LogP contribution in [0.5, 0.6) is 0 Å². The maximum Gasteiger partial charge on any atom is 0.255 e. The van der Waals surface area contributed by atoms with Crippen LogP contribution < -0.4 is 10.6 Å². The number of hydrogen-bond donors (Lipinski definition) is 2. The Morgan fingerprint density at radius 2 is 2.24 bits per heavy atom. The highest BCUT2D eigenvalue weighted by atomic mass is 16.1. The Bertz CT molecular complexity index is 614. The molecule has 1 amide bonds. The fourth-order valence-electron chi connectivity index (χ4n) is 2.63. The molecule has 21 heavy (non-hydrogen) atoms. The highest BCUT2D eigenvalue weighted by Crippen LogP contribution is 2.11. The number of benzene rings is 1. The van der Waals surface area contributed by atoms with Gasteiger partial charge in [0.15, 0.2) is 0 Å². The van der Waals surface area contributed by atoms with Gasteiger partial charge in [0.05, 0.1) is 18.3 Å². The van der Waals surface area contributed by atoms with Crippen LogP contribution in [0.25, 0.3) is 0 Å². The van der Waals surface area contributed by atoms with Crippen molar-refractivity contribution in [2.45, 2.75) is 25.9 Å².